The fourth-order valence-electron chi connectivity index (χ4n) is 0.735. The lowest BCUT2D eigenvalue weighted by Gasteiger charge is -2.14. The molecule has 0 aromatic carbocycles. The fraction of sp³-hybridized carbons (Fsp3) is 0.571. The number of nitrogens with one attached hydrogen (secondary N) is 1. The monoisotopic (exact) mass is 216 g/mol. The van der Waals surface area contributed by atoms with Gasteiger partial charge in [0.05, 0.1) is 12.3 Å². The van der Waals surface area contributed by atoms with E-state index >= 15 is 0 Å². The molecular formula is C7H12N4O2S. The molecule has 0 fully saturated rings. The van der Waals surface area contributed by atoms with Gasteiger partial charge in [0.25, 0.3) is 5.91 Å². The van der Waals surface area contributed by atoms with Crippen molar-refractivity contribution < 1.29 is 9.90 Å². The Labute approximate surface area is 85.3 Å². The highest BCUT2D eigenvalue weighted by Gasteiger charge is 2.12. The first-order valence-electron chi connectivity index (χ1n) is 4.10. The second-order valence-electron chi connectivity index (χ2n) is 2.90. The molecule has 0 saturated heterocycles. The molecule has 0 aliphatic heterocycles. The largest absolute Gasteiger partial charge is 0.392 e. The van der Waals surface area contributed by atoms with Crippen molar-refractivity contribution in [1.29, 1.82) is 0 Å². The number of hydrogen-bond donors (Lipinski definition) is 3. The third-order valence-corrected chi connectivity index (χ3v) is 2.37. The molecule has 0 radical (unpaired) electrons. The summed E-state index contributed by atoms with van der Waals surface area (Å²) < 4.78 is 3.56. The van der Waals surface area contributed by atoms with Crippen LogP contribution in [0.3, 0.4) is 0 Å². The molecule has 2 atom stereocenters. The third-order valence-electron chi connectivity index (χ3n) is 1.70. The van der Waals surface area contributed by atoms with Crippen LogP contribution in [0.2, 0.25) is 0 Å². The zero-order valence-electron chi connectivity index (χ0n) is 7.67. The molecule has 6 nitrogen and oxygen atoms in total. The summed E-state index contributed by atoms with van der Waals surface area (Å²) in [6.07, 6.45) is 0.739. The van der Waals surface area contributed by atoms with E-state index in [4.69, 9.17) is 10.8 Å². The van der Waals surface area contributed by atoms with Gasteiger partial charge in [0.1, 0.15) is 4.88 Å². The first kappa shape index (κ1) is 11.0. The van der Waals surface area contributed by atoms with Crippen LogP contribution in [0.5, 0.6) is 0 Å². The Kier molecular flexibility index (Phi) is 3.93. The van der Waals surface area contributed by atoms with Gasteiger partial charge in [0.15, 0.2) is 0 Å². The van der Waals surface area contributed by atoms with Gasteiger partial charge < -0.3 is 16.2 Å². The number of carbonyl (C=O) groups excluding carboxylic acids is 1. The van der Waals surface area contributed by atoms with Gasteiger partial charge in [0, 0.05) is 12.6 Å². The number of nitrogens with zero attached hydrogens (tertiary/aromatic N) is 2. The topological polar surface area (TPSA) is 101 Å². The molecule has 7 heteroatoms. The molecule has 1 aromatic heterocycles. The standard InChI is InChI=1S/C7H12N4O2S/c1-4(12)5(8)2-9-7(13)6-3-10-11-14-6/h3-5,12H,2,8H2,1H3,(H,9,13). The van der Waals surface area contributed by atoms with Crippen molar-refractivity contribution in [3.63, 3.8) is 0 Å². The highest BCUT2D eigenvalue weighted by molar-refractivity contribution is 7.07. The van der Waals surface area contributed by atoms with Crippen molar-refractivity contribution in [2.75, 3.05) is 6.54 Å². The summed E-state index contributed by atoms with van der Waals surface area (Å²) in [7, 11) is 0. The molecule has 14 heavy (non-hydrogen) atoms. The SMILES string of the molecule is CC(O)C(N)CNC(=O)c1cnns1. The number of aliphatic hydroxyl groups is 1. The number of nitrogens with two attached hydrogens (primary N) is 1. The highest BCUT2D eigenvalue weighted by Crippen LogP contribution is 2.00. The van der Waals surface area contributed by atoms with Crippen LogP contribution >= 0.6 is 11.5 Å². The third kappa shape index (κ3) is 3.02. The number of aromatic nitrogens is 2. The Morgan fingerprint density at radius 1 is 1.86 bits per heavy atom. The number of amides is 1. The molecule has 4 N–H and O–H groups in total. The molecule has 0 bridgehead atoms. The lowest BCUT2D eigenvalue weighted by Crippen LogP contribution is -2.43. The predicted octanol–water partition coefficient (Wildman–Crippen LogP) is -1.02. The van der Waals surface area contributed by atoms with Gasteiger partial charge in [0.2, 0.25) is 0 Å². The summed E-state index contributed by atoms with van der Waals surface area (Å²) >= 11 is 1.01. The maximum absolute atomic E-state index is 11.3. The molecule has 1 amide bonds. The Morgan fingerprint density at radius 2 is 2.57 bits per heavy atom. The quantitative estimate of drug-likeness (QED) is 0.597. The molecule has 1 aromatic rings. The van der Waals surface area contributed by atoms with E-state index < -0.39 is 12.1 Å². The minimum atomic E-state index is -0.644. The van der Waals surface area contributed by atoms with E-state index in [1.54, 1.807) is 6.92 Å². The van der Waals surface area contributed by atoms with Crippen LogP contribution in [0.25, 0.3) is 0 Å². The smallest absolute Gasteiger partial charge is 0.264 e. The van der Waals surface area contributed by atoms with Crippen LogP contribution in [-0.2, 0) is 0 Å². The predicted molar refractivity (Wildman–Crippen MR) is 51.9 cm³/mol. The fourth-order valence-corrected chi connectivity index (χ4v) is 1.17. The summed E-state index contributed by atoms with van der Waals surface area (Å²) in [6.45, 7) is 1.81. The molecule has 1 rings (SSSR count). The second-order valence-corrected chi connectivity index (χ2v) is 3.68. The van der Waals surface area contributed by atoms with E-state index in [0.717, 1.165) is 11.5 Å². The Bertz CT molecular complexity index is 288. The Balaban J connectivity index is 2.36. The first-order chi connectivity index (χ1) is 6.61. The van der Waals surface area contributed by atoms with Gasteiger partial charge in [-0.2, -0.15) is 0 Å². The van der Waals surface area contributed by atoms with Gasteiger partial charge in [-0.15, -0.1) is 5.10 Å². The Morgan fingerprint density at radius 3 is 3.07 bits per heavy atom. The number of carbonyl (C=O) groups is 1. The number of hydrogen-bond acceptors (Lipinski definition) is 6. The average molecular weight is 216 g/mol. The number of rotatable bonds is 4. The van der Waals surface area contributed by atoms with Crippen molar-refractivity contribution in [3.05, 3.63) is 11.1 Å². The summed E-state index contributed by atoms with van der Waals surface area (Å²) in [5, 5.41) is 15.2. The minimum Gasteiger partial charge on any atom is -0.392 e. The van der Waals surface area contributed by atoms with E-state index in [-0.39, 0.29) is 12.5 Å². The molecule has 78 valence electrons. The zero-order chi connectivity index (χ0) is 10.6. The second kappa shape index (κ2) is 4.99. The van der Waals surface area contributed by atoms with Crippen LogP contribution in [0.4, 0.5) is 0 Å². The molecule has 1 heterocycles. The van der Waals surface area contributed by atoms with Crippen molar-refractivity contribution in [2.24, 2.45) is 5.73 Å². The lowest BCUT2D eigenvalue weighted by molar-refractivity contribution is 0.0941. The van der Waals surface area contributed by atoms with Crippen LogP contribution < -0.4 is 11.1 Å². The van der Waals surface area contributed by atoms with E-state index in [9.17, 15) is 4.79 Å². The van der Waals surface area contributed by atoms with Gasteiger partial charge in [-0.25, -0.2) is 0 Å². The molecule has 0 aliphatic carbocycles. The first-order valence-corrected chi connectivity index (χ1v) is 4.88. The van der Waals surface area contributed by atoms with Crippen molar-refractivity contribution >= 4 is 17.4 Å². The van der Waals surface area contributed by atoms with E-state index in [1.165, 1.54) is 6.20 Å². The summed E-state index contributed by atoms with van der Waals surface area (Å²) in [5.74, 6) is -0.267. The molecule has 0 aliphatic rings. The van der Waals surface area contributed by atoms with Crippen LogP contribution in [0.1, 0.15) is 16.6 Å². The van der Waals surface area contributed by atoms with Gasteiger partial charge in [-0.1, -0.05) is 4.49 Å². The zero-order valence-corrected chi connectivity index (χ0v) is 8.49. The van der Waals surface area contributed by atoms with Gasteiger partial charge in [-0.3, -0.25) is 4.79 Å². The molecule has 2 unspecified atom stereocenters. The van der Waals surface area contributed by atoms with Gasteiger partial charge in [-0.05, 0) is 18.5 Å². The highest BCUT2D eigenvalue weighted by atomic mass is 32.1. The summed E-state index contributed by atoms with van der Waals surface area (Å²) in [6, 6.07) is -0.458. The molecule has 0 spiro atoms. The average Bonchev–Trinajstić information content (AvgIpc) is 2.66. The maximum Gasteiger partial charge on any atom is 0.264 e. The van der Waals surface area contributed by atoms with Crippen molar-refractivity contribution in [1.82, 2.24) is 14.9 Å². The molecular weight excluding hydrogens is 204 g/mol. The van der Waals surface area contributed by atoms with E-state index in [2.05, 4.69) is 14.9 Å². The van der Waals surface area contributed by atoms with Crippen molar-refractivity contribution in [2.45, 2.75) is 19.1 Å². The molecule has 0 saturated carbocycles. The minimum absolute atomic E-state index is 0.231. The number of aliphatic hydroxyl groups excluding tert-OH is 1. The summed E-state index contributed by atoms with van der Waals surface area (Å²) in [5.41, 5.74) is 5.53. The van der Waals surface area contributed by atoms with Crippen molar-refractivity contribution in [3.8, 4) is 0 Å². The summed E-state index contributed by atoms with van der Waals surface area (Å²) in [4.78, 5) is 11.7. The van der Waals surface area contributed by atoms with E-state index in [0.29, 0.717) is 4.88 Å². The van der Waals surface area contributed by atoms with E-state index in [1.807, 2.05) is 0 Å². The normalized spacial score (nSPS) is 14.8. The van der Waals surface area contributed by atoms with Gasteiger partial charge >= 0.3 is 0 Å². The van der Waals surface area contributed by atoms with Crippen LogP contribution in [0.15, 0.2) is 6.20 Å². The Hall–Kier alpha value is -1.05. The maximum atomic E-state index is 11.3. The lowest BCUT2D eigenvalue weighted by atomic mass is 10.2. The van der Waals surface area contributed by atoms with Crippen LogP contribution in [0, 0.1) is 0 Å². The van der Waals surface area contributed by atoms with Crippen LogP contribution in [-0.4, -0.2) is 39.3 Å².